The third-order valence-corrected chi connectivity index (χ3v) is 4.21. The number of carboxylic acid groups (broad SMARTS) is 1. The van der Waals surface area contributed by atoms with E-state index in [0.717, 1.165) is 19.3 Å². The first kappa shape index (κ1) is 16.9. The highest BCUT2D eigenvalue weighted by Crippen LogP contribution is 2.15. The molecule has 0 N–H and O–H groups in total. The number of aromatic nitrogens is 2. The third-order valence-electron chi connectivity index (χ3n) is 4.21. The smallest absolute Gasteiger partial charge is 0.265 e. The predicted molar refractivity (Wildman–Crippen MR) is 94.9 cm³/mol. The van der Waals surface area contributed by atoms with E-state index in [1.165, 1.54) is 12.1 Å². The minimum atomic E-state index is -1.24. The van der Waals surface area contributed by atoms with E-state index in [1.54, 1.807) is 22.8 Å². The van der Waals surface area contributed by atoms with Crippen molar-refractivity contribution in [3.63, 3.8) is 0 Å². The van der Waals surface area contributed by atoms with E-state index in [1.807, 2.05) is 18.2 Å². The molecule has 0 aliphatic heterocycles. The molecule has 0 fully saturated rings. The Morgan fingerprint density at radius 3 is 2.48 bits per heavy atom. The first-order valence-corrected chi connectivity index (χ1v) is 8.44. The zero-order chi connectivity index (χ0) is 17.8. The molecule has 0 saturated heterocycles. The summed E-state index contributed by atoms with van der Waals surface area (Å²) in [7, 11) is 0. The molecule has 25 heavy (non-hydrogen) atoms. The molecule has 0 saturated carbocycles. The number of aryl methyl sites for hydroxylation is 1. The molecule has 0 amide bonds. The number of benzene rings is 2. The normalized spacial score (nSPS) is 10.9. The number of carbonyl (C=O) groups excluding carboxylic acids is 1. The molecule has 2 aromatic carbocycles. The lowest BCUT2D eigenvalue weighted by Crippen LogP contribution is -2.25. The van der Waals surface area contributed by atoms with Crippen LogP contribution >= 0.6 is 0 Å². The van der Waals surface area contributed by atoms with Gasteiger partial charge in [0, 0.05) is 6.42 Å². The monoisotopic (exact) mass is 335 g/mol. The van der Waals surface area contributed by atoms with Crippen molar-refractivity contribution in [2.45, 2.75) is 32.6 Å². The second-order valence-corrected chi connectivity index (χ2v) is 5.98. The van der Waals surface area contributed by atoms with Gasteiger partial charge in [-0.2, -0.15) is 0 Å². The highest BCUT2D eigenvalue weighted by molar-refractivity contribution is 5.86. The van der Waals surface area contributed by atoms with Gasteiger partial charge in [-0.05, 0) is 36.2 Å². The molecule has 3 rings (SSSR count). The number of para-hydroxylation sites is 1. The van der Waals surface area contributed by atoms with Crippen LogP contribution in [0.3, 0.4) is 0 Å². The summed E-state index contributed by atoms with van der Waals surface area (Å²) >= 11 is 0. The molecular weight excluding hydrogens is 316 g/mol. The number of fused-ring (bicyclic) bond motifs is 1. The number of aromatic carboxylic acids is 1. The van der Waals surface area contributed by atoms with Gasteiger partial charge in [0.05, 0.1) is 22.6 Å². The van der Waals surface area contributed by atoms with E-state index in [4.69, 9.17) is 0 Å². The zero-order valence-corrected chi connectivity index (χ0v) is 14.1. The minimum Gasteiger partial charge on any atom is -0.545 e. The Balaban J connectivity index is 2.16. The van der Waals surface area contributed by atoms with Crippen LogP contribution in [0.15, 0.2) is 53.3 Å². The average molecular weight is 335 g/mol. The number of nitrogens with zero attached hydrogens (tertiary/aromatic N) is 2. The van der Waals surface area contributed by atoms with E-state index in [2.05, 4.69) is 11.9 Å². The molecule has 0 unspecified atom stereocenters. The maximum absolute atomic E-state index is 13.0. The molecule has 128 valence electrons. The van der Waals surface area contributed by atoms with Crippen molar-refractivity contribution in [3.8, 4) is 5.69 Å². The first-order chi connectivity index (χ1) is 12.1. The van der Waals surface area contributed by atoms with Gasteiger partial charge in [0.2, 0.25) is 0 Å². The second kappa shape index (κ2) is 7.30. The van der Waals surface area contributed by atoms with Crippen LogP contribution in [0, 0.1) is 0 Å². The van der Waals surface area contributed by atoms with Crippen LogP contribution in [0.4, 0.5) is 0 Å². The van der Waals surface area contributed by atoms with Crippen molar-refractivity contribution in [3.05, 3.63) is 70.3 Å². The molecule has 5 nitrogen and oxygen atoms in total. The Hall–Kier alpha value is -2.95. The molecule has 0 spiro atoms. The van der Waals surface area contributed by atoms with Crippen LogP contribution < -0.4 is 10.7 Å². The molecule has 5 heteroatoms. The number of rotatable bonds is 6. The topological polar surface area (TPSA) is 75.0 Å². The first-order valence-electron chi connectivity index (χ1n) is 8.44. The molecule has 0 aliphatic rings. The number of hydrogen-bond acceptors (Lipinski definition) is 4. The van der Waals surface area contributed by atoms with Crippen molar-refractivity contribution in [1.29, 1.82) is 0 Å². The Morgan fingerprint density at radius 1 is 1.08 bits per heavy atom. The summed E-state index contributed by atoms with van der Waals surface area (Å²) in [5.41, 5.74) is 1.23. The molecular formula is C20H19N2O3-. The fourth-order valence-electron chi connectivity index (χ4n) is 2.89. The number of carbonyl (C=O) groups is 1. The van der Waals surface area contributed by atoms with Gasteiger partial charge in [0.25, 0.3) is 5.56 Å². The van der Waals surface area contributed by atoms with E-state index in [0.29, 0.717) is 28.8 Å². The molecule has 0 bridgehead atoms. The molecule has 0 radical (unpaired) electrons. The summed E-state index contributed by atoms with van der Waals surface area (Å²) in [4.78, 5) is 28.6. The molecule has 0 atom stereocenters. The Bertz CT molecular complexity index is 959. The van der Waals surface area contributed by atoms with Crippen LogP contribution in [0.1, 0.15) is 42.4 Å². The Morgan fingerprint density at radius 2 is 1.80 bits per heavy atom. The quantitative estimate of drug-likeness (QED) is 0.649. The number of carboxylic acids is 1. The fraction of sp³-hybridized carbons (Fsp3) is 0.250. The van der Waals surface area contributed by atoms with Crippen LogP contribution in [-0.4, -0.2) is 15.5 Å². The Labute approximate surface area is 145 Å². The summed E-state index contributed by atoms with van der Waals surface area (Å²) in [5.74, 6) is -0.544. The molecule has 3 aromatic rings. The van der Waals surface area contributed by atoms with Crippen molar-refractivity contribution < 1.29 is 9.90 Å². The van der Waals surface area contributed by atoms with Gasteiger partial charge in [0.1, 0.15) is 5.82 Å². The van der Waals surface area contributed by atoms with E-state index in [-0.39, 0.29) is 11.1 Å². The van der Waals surface area contributed by atoms with Gasteiger partial charge in [-0.1, -0.05) is 44.0 Å². The fourth-order valence-corrected chi connectivity index (χ4v) is 2.89. The van der Waals surface area contributed by atoms with Crippen molar-refractivity contribution in [1.82, 2.24) is 9.55 Å². The van der Waals surface area contributed by atoms with Crippen LogP contribution in [0.25, 0.3) is 16.6 Å². The largest absolute Gasteiger partial charge is 0.545 e. The van der Waals surface area contributed by atoms with Crippen LogP contribution in [0.5, 0.6) is 0 Å². The zero-order valence-electron chi connectivity index (χ0n) is 14.1. The van der Waals surface area contributed by atoms with E-state index >= 15 is 0 Å². The van der Waals surface area contributed by atoms with Crippen molar-refractivity contribution in [2.24, 2.45) is 0 Å². The molecule has 0 aliphatic carbocycles. The van der Waals surface area contributed by atoms with Crippen LogP contribution in [0.2, 0.25) is 0 Å². The predicted octanol–water partition coefficient (Wildman–Crippen LogP) is 2.48. The summed E-state index contributed by atoms with van der Waals surface area (Å²) < 4.78 is 1.58. The van der Waals surface area contributed by atoms with Gasteiger partial charge in [-0.3, -0.25) is 9.36 Å². The number of hydrogen-bond donors (Lipinski definition) is 0. The van der Waals surface area contributed by atoms with E-state index in [9.17, 15) is 14.7 Å². The SMILES string of the molecule is CCCCCc1nc2ccccc2c(=O)n1-c1ccc(C(=O)[O-])cc1. The lowest BCUT2D eigenvalue weighted by Gasteiger charge is -2.14. The summed E-state index contributed by atoms with van der Waals surface area (Å²) in [6.07, 6.45) is 3.78. The van der Waals surface area contributed by atoms with Gasteiger partial charge in [-0.25, -0.2) is 4.98 Å². The minimum absolute atomic E-state index is 0.0816. The van der Waals surface area contributed by atoms with Gasteiger partial charge >= 0.3 is 0 Å². The van der Waals surface area contributed by atoms with E-state index < -0.39 is 5.97 Å². The molecule has 1 heterocycles. The van der Waals surface area contributed by atoms with Crippen molar-refractivity contribution in [2.75, 3.05) is 0 Å². The standard InChI is InChI=1S/C20H20N2O3/c1-2-3-4-9-18-21-17-8-6-5-7-16(17)19(23)22(18)15-12-10-14(11-13-15)20(24)25/h5-8,10-13H,2-4,9H2,1H3,(H,24,25)/p-1. The second-order valence-electron chi connectivity index (χ2n) is 5.98. The van der Waals surface area contributed by atoms with Crippen LogP contribution in [-0.2, 0) is 6.42 Å². The summed E-state index contributed by atoms with van der Waals surface area (Å²) in [6.45, 7) is 2.12. The van der Waals surface area contributed by atoms with Gasteiger partial charge in [-0.15, -0.1) is 0 Å². The molecule has 1 aromatic heterocycles. The maximum Gasteiger partial charge on any atom is 0.265 e. The highest BCUT2D eigenvalue weighted by atomic mass is 16.4. The van der Waals surface area contributed by atoms with Gasteiger partial charge in [0.15, 0.2) is 0 Å². The Kier molecular flexibility index (Phi) is 4.93. The number of unbranched alkanes of at least 4 members (excludes halogenated alkanes) is 2. The highest BCUT2D eigenvalue weighted by Gasteiger charge is 2.12. The maximum atomic E-state index is 13.0. The van der Waals surface area contributed by atoms with Crippen molar-refractivity contribution >= 4 is 16.9 Å². The van der Waals surface area contributed by atoms with Gasteiger partial charge < -0.3 is 9.90 Å². The third kappa shape index (κ3) is 3.45. The summed E-state index contributed by atoms with van der Waals surface area (Å²) in [5, 5.41) is 11.5. The average Bonchev–Trinajstić information content (AvgIpc) is 2.62. The lowest BCUT2D eigenvalue weighted by molar-refractivity contribution is -0.255. The lowest BCUT2D eigenvalue weighted by atomic mass is 10.1. The summed E-state index contributed by atoms with van der Waals surface area (Å²) in [6, 6.07) is 13.4.